The Labute approximate surface area is 193 Å². The number of piperidine rings is 1. The largest absolute Gasteiger partial charge is 0.495 e. The molecular weight excluding hydrogens is 456 g/mol. The first-order chi connectivity index (χ1) is 14.8. The molecule has 6 nitrogen and oxygen atoms in total. The third-order valence-corrected chi connectivity index (χ3v) is 8.49. The molecule has 1 aliphatic heterocycles. The number of carbonyl (C=O) groups excluding carboxylic acids is 1. The van der Waals surface area contributed by atoms with Crippen molar-refractivity contribution in [1.82, 2.24) is 9.62 Å². The van der Waals surface area contributed by atoms with Crippen LogP contribution in [-0.4, -0.2) is 45.1 Å². The van der Waals surface area contributed by atoms with Crippen LogP contribution >= 0.6 is 23.4 Å². The van der Waals surface area contributed by atoms with E-state index in [1.807, 2.05) is 37.4 Å². The molecule has 0 aliphatic carbocycles. The van der Waals surface area contributed by atoms with E-state index in [9.17, 15) is 13.2 Å². The fraction of sp³-hybridized carbons (Fsp3) is 0.409. The number of thioether (sulfide) groups is 1. The third kappa shape index (κ3) is 5.55. The van der Waals surface area contributed by atoms with Gasteiger partial charge in [0.1, 0.15) is 5.75 Å². The van der Waals surface area contributed by atoms with Crippen molar-refractivity contribution in [2.45, 2.75) is 35.6 Å². The molecule has 168 valence electrons. The first kappa shape index (κ1) is 23.9. The smallest absolute Gasteiger partial charge is 0.243 e. The van der Waals surface area contributed by atoms with Gasteiger partial charge in [0.05, 0.1) is 23.1 Å². The highest BCUT2D eigenvalue weighted by atomic mass is 35.5. The van der Waals surface area contributed by atoms with Crippen molar-refractivity contribution in [3.05, 3.63) is 53.1 Å². The number of ether oxygens (including phenoxy) is 1. The molecule has 0 saturated carbocycles. The standard InChI is InChI=1S/C22H27ClN2O4S2/c1-15(16-4-6-18(30-3)7-5-16)24-22(26)17-10-12-25(13-11-17)31(27,28)19-8-9-21(29-2)20(23)14-19/h4-9,14-15,17H,10-13H2,1-3H3,(H,24,26)/t15-/m0/s1. The molecule has 0 aromatic heterocycles. The molecule has 1 N–H and O–H groups in total. The summed E-state index contributed by atoms with van der Waals surface area (Å²) in [6.07, 6.45) is 2.98. The lowest BCUT2D eigenvalue weighted by atomic mass is 9.96. The molecule has 1 atom stereocenters. The molecule has 3 rings (SSSR count). The Bertz CT molecular complexity index is 1020. The Hall–Kier alpha value is -1.74. The Kier molecular flexibility index (Phi) is 7.91. The molecule has 31 heavy (non-hydrogen) atoms. The van der Waals surface area contributed by atoms with Gasteiger partial charge < -0.3 is 10.1 Å². The van der Waals surface area contributed by atoms with E-state index in [0.29, 0.717) is 31.7 Å². The van der Waals surface area contributed by atoms with Gasteiger partial charge in [-0.1, -0.05) is 23.7 Å². The first-order valence-electron chi connectivity index (χ1n) is 10.0. The summed E-state index contributed by atoms with van der Waals surface area (Å²) in [5.74, 6) is 0.179. The topological polar surface area (TPSA) is 75.7 Å². The van der Waals surface area contributed by atoms with E-state index in [4.69, 9.17) is 16.3 Å². The second kappa shape index (κ2) is 10.3. The Morgan fingerprint density at radius 1 is 1.19 bits per heavy atom. The maximum atomic E-state index is 13.0. The first-order valence-corrected chi connectivity index (χ1v) is 13.1. The van der Waals surface area contributed by atoms with Crippen molar-refractivity contribution in [3.8, 4) is 5.75 Å². The van der Waals surface area contributed by atoms with Gasteiger partial charge in [0, 0.05) is 23.9 Å². The van der Waals surface area contributed by atoms with Crippen LogP contribution in [0.1, 0.15) is 31.4 Å². The summed E-state index contributed by atoms with van der Waals surface area (Å²) >= 11 is 7.77. The number of sulfonamides is 1. The van der Waals surface area contributed by atoms with Crippen LogP contribution in [-0.2, 0) is 14.8 Å². The zero-order valence-electron chi connectivity index (χ0n) is 17.8. The van der Waals surface area contributed by atoms with E-state index in [1.54, 1.807) is 17.8 Å². The Morgan fingerprint density at radius 2 is 1.84 bits per heavy atom. The number of halogens is 1. The van der Waals surface area contributed by atoms with Crippen LogP contribution in [0.4, 0.5) is 0 Å². The van der Waals surface area contributed by atoms with Crippen molar-refractivity contribution in [2.24, 2.45) is 5.92 Å². The van der Waals surface area contributed by atoms with E-state index in [-0.39, 0.29) is 27.8 Å². The molecule has 1 aliphatic rings. The normalized spacial score (nSPS) is 16.6. The molecule has 1 heterocycles. The van der Waals surface area contributed by atoms with E-state index in [2.05, 4.69) is 5.32 Å². The Morgan fingerprint density at radius 3 is 2.39 bits per heavy atom. The number of nitrogens with zero attached hydrogens (tertiary/aromatic N) is 1. The van der Waals surface area contributed by atoms with Crippen LogP contribution in [0.15, 0.2) is 52.3 Å². The fourth-order valence-electron chi connectivity index (χ4n) is 3.62. The maximum absolute atomic E-state index is 13.0. The van der Waals surface area contributed by atoms with Crippen molar-refractivity contribution in [3.63, 3.8) is 0 Å². The van der Waals surface area contributed by atoms with Gasteiger partial charge in [-0.3, -0.25) is 4.79 Å². The predicted molar refractivity (Wildman–Crippen MR) is 124 cm³/mol. The molecular formula is C22H27ClN2O4S2. The van der Waals surface area contributed by atoms with E-state index >= 15 is 0 Å². The van der Waals surface area contributed by atoms with Gasteiger partial charge >= 0.3 is 0 Å². The highest BCUT2D eigenvalue weighted by molar-refractivity contribution is 7.98. The van der Waals surface area contributed by atoms with Gasteiger partial charge in [0.25, 0.3) is 0 Å². The average Bonchev–Trinajstić information content (AvgIpc) is 2.79. The van der Waals surface area contributed by atoms with Crippen LogP contribution in [0, 0.1) is 5.92 Å². The monoisotopic (exact) mass is 482 g/mol. The third-order valence-electron chi connectivity index (χ3n) is 5.56. The maximum Gasteiger partial charge on any atom is 0.243 e. The molecule has 0 spiro atoms. The number of carbonyl (C=O) groups is 1. The summed E-state index contributed by atoms with van der Waals surface area (Å²) in [6.45, 7) is 2.54. The van der Waals surface area contributed by atoms with Gasteiger partial charge in [-0.25, -0.2) is 8.42 Å². The van der Waals surface area contributed by atoms with Gasteiger partial charge in [-0.05, 0) is 61.9 Å². The number of rotatable bonds is 7. The van der Waals surface area contributed by atoms with Gasteiger partial charge in [-0.2, -0.15) is 4.31 Å². The number of amides is 1. The van der Waals surface area contributed by atoms with E-state index < -0.39 is 10.0 Å². The molecule has 1 amide bonds. The average molecular weight is 483 g/mol. The van der Waals surface area contributed by atoms with Crippen molar-refractivity contribution in [2.75, 3.05) is 26.5 Å². The summed E-state index contributed by atoms with van der Waals surface area (Å²) in [6, 6.07) is 12.4. The second-order valence-electron chi connectivity index (χ2n) is 7.48. The zero-order valence-corrected chi connectivity index (χ0v) is 20.2. The SMILES string of the molecule is COc1ccc(S(=O)(=O)N2CCC(C(=O)N[C@@H](C)c3ccc(SC)cc3)CC2)cc1Cl. The zero-order chi connectivity index (χ0) is 22.6. The molecule has 0 radical (unpaired) electrons. The lowest BCUT2D eigenvalue weighted by Crippen LogP contribution is -2.43. The van der Waals surface area contributed by atoms with Gasteiger partial charge in [-0.15, -0.1) is 11.8 Å². The fourth-order valence-corrected chi connectivity index (χ4v) is 5.85. The van der Waals surface area contributed by atoms with Crippen LogP contribution in [0.3, 0.4) is 0 Å². The second-order valence-corrected chi connectivity index (χ2v) is 10.7. The summed E-state index contributed by atoms with van der Waals surface area (Å²) in [7, 11) is -2.19. The minimum absolute atomic E-state index is 0.0361. The van der Waals surface area contributed by atoms with Gasteiger partial charge in [0.15, 0.2) is 0 Å². The number of hydrogen-bond acceptors (Lipinski definition) is 5. The summed E-state index contributed by atoms with van der Waals surface area (Å²) < 4.78 is 32.4. The van der Waals surface area contributed by atoms with Crippen molar-refractivity contribution in [1.29, 1.82) is 0 Å². The molecule has 9 heteroatoms. The quantitative estimate of drug-likeness (QED) is 0.594. The summed E-state index contributed by atoms with van der Waals surface area (Å²) in [5, 5.41) is 3.31. The minimum atomic E-state index is -3.67. The Balaban J connectivity index is 1.59. The number of nitrogens with one attached hydrogen (secondary N) is 1. The molecule has 0 unspecified atom stereocenters. The molecule has 2 aromatic rings. The lowest BCUT2D eigenvalue weighted by molar-refractivity contribution is -0.126. The molecule has 2 aromatic carbocycles. The van der Waals surface area contributed by atoms with Crippen LogP contribution in [0.2, 0.25) is 5.02 Å². The molecule has 1 fully saturated rings. The van der Waals surface area contributed by atoms with E-state index in [1.165, 1.54) is 28.4 Å². The predicted octanol–water partition coefficient (Wildman–Crippen LogP) is 4.35. The van der Waals surface area contributed by atoms with Crippen molar-refractivity contribution < 1.29 is 17.9 Å². The summed E-state index contributed by atoms with van der Waals surface area (Å²) in [4.78, 5) is 14.0. The number of benzene rings is 2. The summed E-state index contributed by atoms with van der Waals surface area (Å²) in [5.41, 5.74) is 1.04. The lowest BCUT2D eigenvalue weighted by Gasteiger charge is -2.31. The van der Waals surface area contributed by atoms with Gasteiger partial charge in [0.2, 0.25) is 15.9 Å². The highest BCUT2D eigenvalue weighted by Gasteiger charge is 2.32. The minimum Gasteiger partial charge on any atom is -0.495 e. The number of methoxy groups -OCH3 is 1. The molecule has 0 bridgehead atoms. The number of hydrogen-bond donors (Lipinski definition) is 1. The molecule has 1 saturated heterocycles. The van der Waals surface area contributed by atoms with Crippen LogP contribution in [0.25, 0.3) is 0 Å². The van der Waals surface area contributed by atoms with E-state index in [0.717, 1.165) is 5.56 Å². The van der Waals surface area contributed by atoms with Crippen LogP contribution in [0.5, 0.6) is 5.75 Å². The van der Waals surface area contributed by atoms with Crippen LogP contribution < -0.4 is 10.1 Å². The highest BCUT2D eigenvalue weighted by Crippen LogP contribution is 2.30. The van der Waals surface area contributed by atoms with Crippen molar-refractivity contribution >= 4 is 39.3 Å².